The quantitative estimate of drug-likeness (QED) is 0.767. The van der Waals surface area contributed by atoms with Crippen molar-refractivity contribution < 1.29 is 9.53 Å². The minimum atomic E-state index is -0.0700. The van der Waals surface area contributed by atoms with Crippen LogP contribution in [0.2, 0.25) is 0 Å². The molecule has 0 atom stereocenters. The predicted octanol–water partition coefficient (Wildman–Crippen LogP) is 2.74. The zero-order valence-corrected chi connectivity index (χ0v) is 16.1. The van der Waals surface area contributed by atoms with E-state index in [1.807, 2.05) is 31.2 Å². The van der Waals surface area contributed by atoms with Gasteiger partial charge < -0.3 is 25.6 Å². The molecule has 2 aromatic carbocycles. The first kappa shape index (κ1) is 18.9. The van der Waals surface area contributed by atoms with Crippen LogP contribution in [0, 0.1) is 0 Å². The van der Waals surface area contributed by atoms with E-state index in [2.05, 4.69) is 27.2 Å². The summed E-state index contributed by atoms with van der Waals surface area (Å²) in [5.41, 5.74) is 9.71. The van der Waals surface area contributed by atoms with Crippen molar-refractivity contribution in [3.8, 4) is 5.75 Å². The van der Waals surface area contributed by atoms with Gasteiger partial charge in [-0.05, 0) is 48.9 Å². The van der Waals surface area contributed by atoms with E-state index < -0.39 is 0 Å². The van der Waals surface area contributed by atoms with Gasteiger partial charge in [-0.25, -0.2) is 0 Å². The largest absolute Gasteiger partial charge is 0.497 e. The number of ether oxygens (including phenoxy) is 1. The third-order valence-electron chi connectivity index (χ3n) is 4.88. The number of carbonyl (C=O) groups is 1. The Morgan fingerprint density at radius 2 is 1.74 bits per heavy atom. The first-order chi connectivity index (χ1) is 13.1. The van der Waals surface area contributed by atoms with Gasteiger partial charge in [-0.15, -0.1) is 0 Å². The number of nitrogens with two attached hydrogens (primary N) is 1. The molecule has 1 aliphatic rings. The fourth-order valence-corrected chi connectivity index (χ4v) is 3.32. The molecule has 2 aromatic rings. The van der Waals surface area contributed by atoms with Gasteiger partial charge in [-0.2, -0.15) is 0 Å². The van der Waals surface area contributed by atoms with Crippen molar-refractivity contribution in [1.29, 1.82) is 0 Å². The molecule has 0 spiro atoms. The Balaban J connectivity index is 1.62. The molecule has 0 aliphatic carbocycles. The van der Waals surface area contributed by atoms with E-state index in [-0.39, 0.29) is 5.91 Å². The number of hydrogen-bond acceptors (Lipinski definition) is 5. The van der Waals surface area contributed by atoms with E-state index >= 15 is 0 Å². The van der Waals surface area contributed by atoms with Gasteiger partial charge >= 0.3 is 0 Å². The molecule has 1 fully saturated rings. The van der Waals surface area contributed by atoms with Crippen molar-refractivity contribution in [2.24, 2.45) is 0 Å². The van der Waals surface area contributed by atoms with Crippen LogP contribution in [0.25, 0.3) is 0 Å². The molecular formula is C21H28N4O2. The first-order valence-electron chi connectivity index (χ1n) is 9.44. The summed E-state index contributed by atoms with van der Waals surface area (Å²) in [4.78, 5) is 16.7. The monoisotopic (exact) mass is 368 g/mol. The highest BCUT2D eigenvalue weighted by molar-refractivity contribution is 5.96. The first-order valence-corrected chi connectivity index (χ1v) is 9.44. The second kappa shape index (κ2) is 8.66. The van der Waals surface area contributed by atoms with E-state index in [1.165, 1.54) is 5.69 Å². The molecule has 1 aliphatic heterocycles. The highest BCUT2D eigenvalue weighted by atomic mass is 16.5. The SMILES string of the molecule is CCCNC(=O)c1ccc(N2CCN(c3ccc(OC)cc3)CC2)c(N)c1. The summed E-state index contributed by atoms with van der Waals surface area (Å²) in [6.45, 7) is 6.32. The highest BCUT2D eigenvalue weighted by Gasteiger charge is 2.20. The molecule has 27 heavy (non-hydrogen) atoms. The third kappa shape index (κ3) is 4.45. The summed E-state index contributed by atoms with van der Waals surface area (Å²) in [7, 11) is 1.68. The molecule has 144 valence electrons. The summed E-state index contributed by atoms with van der Waals surface area (Å²) in [6.07, 6.45) is 0.914. The average Bonchev–Trinajstić information content (AvgIpc) is 2.72. The van der Waals surface area contributed by atoms with E-state index in [4.69, 9.17) is 10.5 Å². The van der Waals surface area contributed by atoms with E-state index in [1.54, 1.807) is 13.2 Å². The lowest BCUT2D eigenvalue weighted by atomic mass is 10.1. The van der Waals surface area contributed by atoms with Crippen LogP contribution in [0.5, 0.6) is 5.75 Å². The standard InChI is InChI=1S/C21H28N4O2/c1-3-10-23-21(26)16-4-9-20(19(22)15-16)25-13-11-24(12-14-25)17-5-7-18(27-2)8-6-17/h4-9,15H,3,10-14,22H2,1-2H3,(H,23,26). The Kier molecular flexibility index (Phi) is 6.06. The Bertz CT molecular complexity index is 768. The topological polar surface area (TPSA) is 70.8 Å². The Morgan fingerprint density at radius 1 is 1.07 bits per heavy atom. The maximum atomic E-state index is 12.1. The number of benzene rings is 2. The molecule has 1 heterocycles. The minimum absolute atomic E-state index is 0.0700. The second-order valence-electron chi connectivity index (χ2n) is 6.70. The number of anilines is 3. The summed E-state index contributed by atoms with van der Waals surface area (Å²) >= 11 is 0. The summed E-state index contributed by atoms with van der Waals surface area (Å²) in [5.74, 6) is 0.799. The van der Waals surface area contributed by atoms with Gasteiger partial charge in [0.2, 0.25) is 0 Å². The Hall–Kier alpha value is -2.89. The van der Waals surface area contributed by atoms with Gasteiger partial charge in [0, 0.05) is 44.0 Å². The number of hydrogen-bond donors (Lipinski definition) is 2. The number of nitrogens with one attached hydrogen (secondary N) is 1. The number of nitrogen functional groups attached to an aromatic ring is 1. The number of piperazine rings is 1. The molecule has 0 radical (unpaired) electrons. The third-order valence-corrected chi connectivity index (χ3v) is 4.88. The number of carbonyl (C=O) groups excluding carboxylic acids is 1. The van der Waals surface area contributed by atoms with Crippen LogP contribution in [0.3, 0.4) is 0 Å². The van der Waals surface area contributed by atoms with Gasteiger partial charge in [-0.1, -0.05) is 6.92 Å². The minimum Gasteiger partial charge on any atom is -0.497 e. The lowest BCUT2D eigenvalue weighted by Gasteiger charge is -2.38. The molecule has 3 N–H and O–H groups in total. The van der Waals surface area contributed by atoms with Crippen molar-refractivity contribution in [2.75, 3.05) is 55.4 Å². The van der Waals surface area contributed by atoms with Crippen LogP contribution in [0.1, 0.15) is 23.7 Å². The molecule has 0 unspecified atom stereocenters. The van der Waals surface area contributed by atoms with Gasteiger partial charge in [0.1, 0.15) is 5.75 Å². The van der Waals surface area contributed by atoms with Gasteiger partial charge in [0.05, 0.1) is 18.5 Å². The van der Waals surface area contributed by atoms with Crippen LogP contribution < -0.4 is 25.6 Å². The van der Waals surface area contributed by atoms with Crippen LogP contribution >= 0.6 is 0 Å². The lowest BCUT2D eigenvalue weighted by molar-refractivity contribution is 0.0953. The van der Waals surface area contributed by atoms with E-state index in [0.717, 1.165) is 44.0 Å². The van der Waals surface area contributed by atoms with Crippen molar-refractivity contribution in [2.45, 2.75) is 13.3 Å². The maximum absolute atomic E-state index is 12.1. The van der Waals surface area contributed by atoms with Crippen LogP contribution in [0.4, 0.5) is 17.1 Å². The van der Waals surface area contributed by atoms with Crippen molar-refractivity contribution >= 4 is 23.0 Å². The van der Waals surface area contributed by atoms with Crippen molar-refractivity contribution in [3.05, 3.63) is 48.0 Å². The van der Waals surface area contributed by atoms with E-state index in [9.17, 15) is 4.79 Å². The molecule has 1 amide bonds. The van der Waals surface area contributed by atoms with Gasteiger partial charge in [0.15, 0.2) is 0 Å². The van der Waals surface area contributed by atoms with Gasteiger partial charge in [-0.3, -0.25) is 4.79 Å². The molecule has 6 nitrogen and oxygen atoms in total. The smallest absolute Gasteiger partial charge is 0.251 e. The normalized spacial score (nSPS) is 14.1. The predicted molar refractivity (Wildman–Crippen MR) is 111 cm³/mol. The second-order valence-corrected chi connectivity index (χ2v) is 6.70. The number of rotatable bonds is 6. The molecule has 0 saturated carbocycles. The Labute approximate surface area is 160 Å². The fourth-order valence-electron chi connectivity index (χ4n) is 3.32. The molecule has 0 aromatic heterocycles. The molecule has 3 rings (SSSR count). The highest BCUT2D eigenvalue weighted by Crippen LogP contribution is 2.27. The average molecular weight is 368 g/mol. The number of methoxy groups -OCH3 is 1. The molecule has 6 heteroatoms. The number of nitrogens with zero attached hydrogens (tertiary/aromatic N) is 2. The van der Waals surface area contributed by atoms with E-state index in [0.29, 0.717) is 17.8 Å². The zero-order chi connectivity index (χ0) is 19.2. The fraction of sp³-hybridized carbons (Fsp3) is 0.381. The van der Waals surface area contributed by atoms with Gasteiger partial charge in [0.25, 0.3) is 5.91 Å². The van der Waals surface area contributed by atoms with Crippen LogP contribution in [0.15, 0.2) is 42.5 Å². The summed E-state index contributed by atoms with van der Waals surface area (Å²) in [6, 6.07) is 13.7. The zero-order valence-electron chi connectivity index (χ0n) is 16.1. The molecule has 1 saturated heterocycles. The molecular weight excluding hydrogens is 340 g/mol. The van der Waals surface area contributed by atoms with Crippen LogP contribution in [-0.2, 0) is 0 Å². The maximum Gasteiger partial charge on any atom is 0.251 e. The van der Waals surface area contributed by atoms with Crippen molar-refractivity contribution in [1.82, 2.24) is 5.32 Å². The molecule has 0 bridgehead atoms. The summed E-state index contributed by atoms with van der Waals surface area (Å²) < 4.78 is 5.22. The summed E-state index contributed by atoms with van der Waals surface area (Å²) in [5, 5.41) is 2.88. The number of amides is 1. The Morgan fingerprint density at radius 3 is 2.33 bits per heavy atom. The van der Waals surface area contributed by atoms with Crippen LogP contribution in [-0.4, -0.2) is 45.7 Å². The lowest BCUT2D eigenvalue weighted by Crippen LogP contribution is -2.46. The van der Waals surface area contributed by atoms with Crippen molar-refractivity contribution in [3.63, 3.8) is 0 Å².